The fourth-order valence-electron chi connectivity index (χ4n) is 1.42. The van der Waals surface area contributed by atoms with E-state index >= 15 is 0 Å². The van der Waals surface area contributed by atoms with Crippen LogP contribution in [0.3, 0.4) is 0 Å². The third-order valence-corrected chi connectivity index (χ3v) is 4.69. The summed E-state index contributed by atoms with van der Waals surface area (Å²) in [7, 11) is 0. The Balaban J connectivity index is 4.48. The second-order valence-electron chi connectivity index (χ2n) is 3.91. The zero-order chi connectivity index (χ0) is 10.5. The minimum Gasteiger partial charge on any atom is -0.271 e. The van der Waals surface area contributed by atoms with E-state index in [1.807, 2.05) is 0 Å². The quantitative estimate of drug-likeness (QED) is 0.306. The first-order valence-corrected chi connectivity index (χ1v) is 7.67. The summed E-state index contributed by atoms with van der Waals surface area (Å²) < 4.78 is 2.37. The lowest BCUT2D eigenvalue weighted by atomic mass is 9.77. The van der Waals surface area contributed by atoms with Crippen LogP contribution >= 0.6 is 45.2 Å². The smallest absolute Gasteiger partial charge is 0.0351 e. The minimum atomic E-state index is 0.0758. The van der Waals surface area contributed by atoms with E-state index < -0.39 is 0 Å². The molecule has 0 aromatic heterocycles. The Morgan fingerprint density at radius 3 is 2.15 bits per heavy atom. The molecule has 0 radical (unpaired) electrons. The molecule has 0 saturated carbocycles. The molecule has 80 valence electrons. The molecule has 3 N–H and O–H groups in total. The van der Waals surface area contributed by atoms with Gasteiger partial charge in [0.2, 0.25) is 0 Å². The van der Waals surface area contributed by atoms with Crippen LogP contribution in [0.2, 0.25) is 0 Å². The van der Waals surface area contributed by atoms with Crippen LogP contribution in [0.25, 0.3) is 0 Å². The predicted molar refractivity (Wildman–Crippen MR) is 76.4 cm³/mol. The summed E-state index contributed by atoms with van der Waals surface area (Å²) in [6, 6.07) is 0. The zero-order valence-electron chi connectivity index (χ0n) is 8.61. The summed E-state index contributed by atoms with van der Waals surface area (Å²) in [5, 5.41) is 0. The first kappa shape index (κ1) is 14.4. The topological polar surface area (TPSA) is 38.0 Å². The normalized spacial score (nSPS) is 18.7. The van der Waals surface area contributed by atoms with E-state index in [-0.39, 0.29) is 5.54 Å². The number of hydrogen-bond donors (Lipinski definition) is 2. The predicted octanol–water partition coefficient (Wildman–Crippen LogP) is 2.74. The second-order valence-corrected chi connectivity index (χ2v) is 5.87. The van der Waals surface area contributed by atoms with E-state index in [1.165, 1.54) is 15.3 Å². The van der Waals surface area contributed by atoms with Crippen molar-refractivity contribution < 1.29 is 0 Å². The van der Waals surface area contributed by atoms with Crippen LogP contribution in [0.4, 0.5) is 0 Å². The summed E-state index contributed by atoms with van der Waals surface area (Å²) in [5.41, 5.74) is 3.08. The molecule has 4 heteroatoms. The number of nitrogens with one attached hydrogen (secondary N) is 1. The van der Waals surface area contributed by atoms with Gasteiger partial charge in [-0.1, -0.05) is 59.0 Å². The first-order valence-electron chi connectivity index (χ1n) is 4.62. The Kier molecular flexibility index (Phi) is 7.51. The van der Waals surface area contributed by atoms with Crippen molar-refractivity contribution in [2.75, 3.05) is 8.86 Å². The van der Waals surface area contributed by atoms with Gasteiger partial charge >= 0.3 is 0 Å². The molecular formula is C9H20I2N2. The number of halogens is 2. The molecule has 0 fully saturated rings. The van der Waals surface area contributed by atoms with Crippen molar-refractivity contribution in [3.63, 3.8) is 0 Å². The van der Waals surface area contributed by atoms with Crippen molar-refractivity contribution in [3.05, 3.63) is 0 Å². The molecule has 0 aromatic carbocycles. The molecule has 0 amide bonds. The molecular weight excluding hydrogens is 390 g/mol. The number of hydrogen-bond acceptors (Lipinski definition) is 2. The largest absolute Gasteiger partial charge is 0.271 e. The van der Waals surface area contributed by atoms with Crippen LogP contribution in [-0.2, 0) is 0 Å². The molecule has 0 aliphatic carbocycles. The monoisotopic (exact) mass is 410 g/mol. The van der Waals surface area contributed by atoms with Crippen molar-refractivity contribution in [2.24, 2.45) is 17.7 Å². The maximum absolute atomic E-state index is 5.66. The van der Waals surface area contributed by atoms with Crippen LogP contribution < -0.4 is 11.3 Å². The van der Waals surface area contributed by atoms with E-state index in [1.54, 1.807) is 0 Å². The molecule has 0 aliphatic heterocycles. The van der Waals surface area contributed by atoms with Gasteiger partial charge in [0.1, 0.15) is 0 Å². The highest BCUT2D eigenvalue weighted by atomic mass is 127. The van der Waals surface area contributed by atoms with E-state index in [2.05, 4.69) is 71.4 Å². The average Bonchev–Trinajstić information content (AvgIpc) is 2.12. The Hall–Kier alpha value is 1.38. The maximum Gasteiger partial charge on any atom is 0.0351 e. The first-order chi connectivity index (χ1) is 6.02. The molecule has 2 unspecified atom stereocenters. The second kappa shape index (κ2) is 6.79. The van der Waals surface area contributed by atoms with Gasteiger partial charge in [-0.25, -0.2) is 0 Å². The van der Waals surface area contributed by atoms with Crippen LogP contribution in [-0.4, -0.2) is 14.4 Å². The van der Waals surface area contributed by atoms with Crippen LogP contribution in [0.15, 0.2) is 0 Å². The van der Waals surface area contributed by atoms with Crippen molar-refractivity contribution >= 4 is 45.2 Å². The number of alkyl halides is 2. The fourth-order valence-corrected chi connectivity index (χ4v) is 3.53. The Bertz CT molecular complexity index is 142. The lowest BCUT2D eigenvalue weighted by Gasteiger charge is -2.40. The van der Waals surface area contributed by atoms with E-state index in [4.69, 9.17) is 5.84 Å². The Morgan fingerprint density at radius 2 is 1.92 bits per heavy atom. The summed E-state index contributed by atoms with van der Waals surface area (Å²) >= 11 is 4.89. The molecule has 0 aromatic rings. The lowest BCUT2D eigenvalue weighted by Crippen LogP contribution is -2.56. The molecule has 0 bridgehead atoms. The Morgan fingerprint density at radius 1 is 1.38 bits per heavy atom. The summed E-state index contributed by atoms with van der Waals surface area (Å²) in [6.07, 6.45) is 1.24. The van der Waals surface area contributed by atoms with Gasteiger partial charge in [0.25, 0.3) is 0 Å². The molecule has 0 rings (SSSR count). The van der Waals surface area contributed by atoms with Gasteiger partial charge in [-0.3, -0.25) is 11.3 Å². The third-order valence-electron chi connectivity index (χ3n) is 3.00. The summed E-state index contributed by atoms with van der Waals surface area (Å²) in [6.45, 7) is 6.69. The molecule has 13 heavy (non-hydrogen) atoms. The van der Waals surface area contributed by atoms with Crippen molar-refractivity contribution in [1.82, 2.24) is 5.43 Å². The standard InChI is InChI=1S/C9H20I2N2/c1-7(2)9(3,13-12)8(6-11)4-5-10/h7-8,13H,4-6,12H2,1-3H3. The van der Waals surface area contributed by atoms with E-state index in [0.29, 0.717) is 11.8 Å². The summed E-state index contributed by atoms with van der Waals surface area (Å²) in [5.74, 6) is 6.89. The summed E-state index contributed by atoms with van der Waals surface area (Å²) in [4.78, 5) is 0. The van der Waals surface area contributed by atoms with Crippen molar-refractivity contribution in [3.8, 4) is 0 Å². The van der Waals surface area contributed by atoms with Gasteiger partial charge < -0.3 is 0 Å². The molecule has 2 nitrogen and oxygen atoms in total. The number of hydrazine groups is 1. The molecule has 0 saturated heterocycles. The molecule has 2 atom stereocenters. The van der Waals surface area contributed by atoms with Gasteiger partial charge in [-0.2, -0.15) is 0 Å². The highest BCUT2D eigenvalue weighted by Crippen LogP contribution is 2.29. The third kappa shape index (κ3) is 3.79. The molecule has 0 aliphatic rings. The number of rotatable bonds is 6. The van der Waals surface area contributed by atoms with Crippen LogP contribution in [0.5, 0.6) is 0 Å². The lowest BCUT2D eigenvalue weighted by molar-refractivity contribution is 0.179. The molecule has 0 spiro atoms. The van der Waals surface area contributed by atoms with Gasteiger partial charge in [0, 0.05) is 9.97 Å². The van der Waals surface area contributed by atoms with Gasteiger partial charge in [0.15, 0.2) is 0 Å². The highest BCUT2D eigenvalue weighted by Gasteiger charge is 2.34. The van der Waals surface area contributed by atoms with Crippen molar-refractivity contribution in [2.45, 2.75) is 32.7 Å². The zero-order valence-corrected chi connectivity index (χ0v) is 12.9. The maximum atomic E-state index is 5.66. The Labute approximate surface area is 109 Å². The SMILES string of the molecule is CC(C)C(C)(NN)C(CI)CCI. The van der Waals surface area contributed by atoms with E-state index in [0.717, 1.165) is 0 Å². The van der Waals surface area contributed by atoms with Gasteiger partial charge in [0.05, 0.1) is 0 Å². The van der Waals surface area contributed by atoms with Crippen LogP contribution in [0, 0.1) is 11.8 Å². The van der Waals surface area contributed by atoms with Crippen molar-refractivity contribution in [1.29, 1.82) is 0 Å². The van der Waals surface area contributed by atoms with Gasteiger partial charge in [-0.15, -0.1) is 0 Å². The number of nitrogens with two attached hydrogens (primary N) is 1. The molecule has 0 heterocycles. The average molecular weight is 410 g/mol. The van der Waals surface area contributed by atoms with Crippen LogP contribution in [0.1, 0.15) is 27.2 Å². The highest BCUT2D eigenvalue weighted by molar-refractivity contribution is 14.1. The van der Waals surface area contributed by atoms with E-state index in [9.17, 15) is 0 Å². The minimum absolute atomic E-state index is 0.0758. The van der Waals surface area contributed by atoms with Gasteiger partial charge in [-0.05, 0) is 29.6 Å². The fraction of sp³-hybridized carbons (Fsp3) is 1.00.